The fourth-order valence-electron chi connectivity index (χ4n) is 2.10. The van der Waals surface area contributed by atoms with Crippen molar-refractivity contribution in [2.45, 2.75) is 6.92 Å². The number of carbonyl (C=O) groups excluding carboxylic acids is 1. The summed E-state index contributed by atoms with van der Waals surface area (Å²) in [4.78, 5) is 16.3. The van der Waals surface area contributed by atoms with Gasteiger partial charge in [-0.25, -0.2) is 0 Å². The third kappa shape index (κ3) is 3.71. The number of benzene rings is 2. The van der Waals surface area contributed by atoms with E-state index in [1.807, 2.05) is 48.5 Å². The van der Waals surface area contributed by atoms with Crippen molar-refractivity contribution in [1.82, 2.24) is 10.1 Å². The maximum Gasteiger partial charge on any atom is 0.260 e. The number of aromatic nitrogens is 2. The van der Waals surface area contributed by atoms with Gasteiger partial charge < -0.3 is 9.84 Å². The summed E-state index contributed by atoms with van der Waals surface area (Å²) in [5, 5.41) is 6.61. The predicted octanol–water partition coefficient (Wildman–Crippen LogP) is 3.70. The summed E-state index contributed by atoms with van der Waals surface area (Å²) in [5.74, 6) is 0.702. The van der Waals surface area contributed by atoms with Gasteiger partial charge in [0.15, 0.2) is 5.82 Å². The Balaban J connectivity index is 1.78. The lowest BCUT2D eigenvalue weighted by molar-refractivity contribution is -0.111. The number of anilines is 1. The lowest BCUT2D eigenvalue weighted by Gasteiger charge is -2.06. The maximum absolute atomic E-state index is 12.1. The molecule has 0 bridgehead atoms. The minimum atomic E-state index is -0.224. The first-order valence-electron chi connectivity index (χ1n) is 7.16. The number of para-hydroxylation sites is 1. The number of amides is 1. The standard InChI is InChI=1S/C18H15N3O2/c1-13-19-18(23-21-13)15-9-5-6-10-16(15)20-17(22)12-11-14-7-3-2-4-8-14/h2-12H,1H3,(H,20,22)/b12-11+. The highest BCUT2D eigenvalue weighted by atomic mass is 16.5. The smallest absolute Gasteiger partial charge is 0.260 e. The van der Waals surface area contributed by atoms with E-state index in [0.29, 0.717) is 23.0 Å². The normalized spacial score (nSPS) is 10.8. The van der Waals surface area contributed by atoms with Crippen LogP contribution in [0.5, 0.6) is 0 Å². The van der Waals surface area contributed by atoms with Crippen LogP contribution in [-0.4, -0.2) is 16.0 Å². The Kier molecular flexibility index (Phi) is 4.29. The molecule has 1 N–H and O–H groups in total. The van der Waals surface area contributed by atoms with Crippen LogP contribution < -0.4 is 5.32 Å². The van der Waals surface area contributed by atoms with Crippen molar-refractivity contribution in [3.8, 4) is 11.5 Å². The van der Waals surface area contributed by atoms with Gasteiger partial charge in [0.2, 0.25) is 5.91 Å². The van der Waals surface area contributed by atoms with Crippen LogP contribution in [0.4, 0.5) is 5.69 Å². The average molecular weight is 305 g/mol. The maximum atomic E-state index is 12.1. The molecular formula is C18H15N3O2. The number of aryl methyl sites for hydroxylation is 1. The van der Waals surface area contributed by atoms with Crippen molar-refractivity contribution in [3.05, 3.63) is 72.1 Å². The molecule has 114 valence electrons. The Morgan fingerprint density at radius 1 is 1.09 bits per heavy atom. The Bertz CT molecular complexity index is 838. The molecule has 0 spiro atoms. The van der Waals surface area contributed by atoms with Gasteiger partial charge >= 0.3 is 0 Å². The van der Waals surface area contributed by atoms with Gasteiger partial charge in [-0.15, -0.1) is 0 Å². The van der Waals surface area contributed by atoms with E-state index in [4.69, 9.17) is 4.52 Å². The second kappa shape index (κ2) is 6.70. The van der Waals surface area contributed by atoms with Gasteiger partial charge in [-0.05, 0) is 30.7 Å². The van der Waals surface area contributed by atoms with E-state index < -0.39 is 0 Å². The highest BCUT2D eigenvalue weighted by Crippen LogP contribution is 2.26. The van der Waals surface area contributed by atoms with E-state index in [0.717, 1.165) is 5.56 Å². The van der Waals surface area contributed by atoms with Gasteiger partial charge in [-0.1, -0.05) is 47.6 Å². The molecule has 0 aliphatic carbocycles. The molecule has 0 atom stereocenters. The molecule has 0 aliphatic rings. The Morgan fingerprint density at radius 2 is 1.83 bits per heavy atom. The third-order valence-corrected chi connectivity index (χ3v) is 3.17. The summed E-state index contributed by atoms with van der Waals surface area (Å²) in [7, 11) is 0. The summed E-state index contributed by atoms with van der Waals surface area (Å²) in [5.41, 5.74) is 2.27. The summed E-state index contributed by atoms with van der Waals surface area (Å²) in [6.07, 6.45) is 3.25. The van der Waals surface area contributed by atoms with Crippen LogP contribution in [0.15, 0.2) is 65.2 Å². The molecule has 2 aromatic carbocycles. The molecule has 0 aliphatic heterocycles. The topological polar surface area (TPSA) is 68.0 Å². The summed E-state index contributed by atoms with van der Waals surface area (Å²) in [6, 6.07) is 16.9. The van der Waals surface area contributed by atoms with Crippen LogP contribution in [0.3, 0.4) is 0 Å². The van der Waals surface area contributed by atoms with Crippen molar-refractivity contribution in [1.29, 1.82) is 0 Å². The first-order valence-corrected chi connectivity index (χ1v) is 7.16. The molecule has 1 aromatic heterocycles. The molecular weight excluding hydrogens is 290 g/mol. The van der Waals surface area contributed by atoms with Crippen LogP contribution in [-0.2, 0) is 4.79 Å². The van der Waals surface area contributed by atoms with Crippen LogP contribution in [0, 0.1) is 6.92 Å². The first-order chi connectivity index (χ1) is 11.2. The van der Waals surface area contributed by atoms with Gasteiger partial charge in [0.05, 0.1) is 11.3 Å². The highest BCUT2D eigenvalue weighted by Gasteiger charge is 2.12. The zero-order chi connectivity index (χ0) is 16.1. The number of carbonyl (C=O) groups is 1. The van der Waals surface area contributed by atoms with Gasteiger partial charge in [-0.2, -0.15) is 4.98 Å². The Labute approximate surface area is 133 Å². The quantitative estimate of drug-likeness (QED) is 0.746. The molecule has 0 saturated heterocycles. The fourth-order valence-corrected chi connectivity index (χ4v) is 2.10. The van der Waals surface area contributed by atoms with Gasteiger partial charge in [0.1, 0.15) is 0 Å². The van der Waals surface area contributed by atoms with E-state index in [9.17, 15) is 4.79 Å². The summed E-state index contributed by atoms with van der Waals surface area (Å²) >= 11 is 0. The van der Waals surface area contributed by atoms with Crippen molar-refractivity contribution < 1.29 is 9.32 Å². The second-order valence-electron chi connectivity index (χ2n) is 4.93. The molecule has 0 saturated carbocycles. The molecule has 3 aromatic rings. The lowest BCUT2D eigenvalue weighted by atomic mass is 10.1. The molecule has 0 fully saturated rings. The number of nitrogens with zero attached hydrogens (tertiary/aromatic N) is 2. The summed E-state index contributed by atoms with van der Waals surface area (Å²) < 4.78 is 5.17. The van der Waals surface area contributed by atoms with Crippen LogP contribution >= 0.6 is 0 Å². The van der Waals surface area contributed by atoms with Crippen LogP contribution in [0.2, 0.25) is 0 Å². The minimum Gasteiger partial charge on any atom is -0.334 e. The third-order valence-electron chi connectivity index (χ3n) is 3.17. The number of nitrogens with one attached hydrogen (secondary N) is 1. The van der Waals surface area contributed by atoms with Crippen molar-refractivity contribution in [2.75, 3.05) is 5.32 Å². The van der Waals surface area contributed by atoms with Crippen LogP contribution in [0.25, 0.3) is 17.5 Å². The number of rotatable bonds is 4. The predicted molar refractivity (Wildman–Crippen MR) is 88.6 cm³/mol. The van der Waals surface area contributed by atoms with Gasteiger partial charge in [0, 0.05) is 6.08 Å². The summed E-state index contributed by atoms with van der Waals surface area (Å²) in [6.45, 7) is 1.75. The molecule has 5 heteroatoms. The minimum absolute atomic E-state index is 0.224. The van der Waals surface area contributed by atoms with Crippen molar-refractivity contribution in [2.24, 2.45) is 0 Å². The molecule has 23 heavy (non-hydrogen) atoms. The fraction of sp³-hybridized carbons (Fsp3) is 0.0556. The molecule has 1 amide bonds. The van der Waals surface area contributed by atoms with Crippen molar-refractivity contribution >= 4 is 17.7 Å². The first kappa shape index (κ1) is 14.7. The van der Waals surface area contributed by atoms with E-state index >= 15 is 0 Å². The molecule has 1 heterocycles. The zero-order valence-electron chi connectivity index (χ0n) is 12.6. The lowest BCUT2D eigenvalue weighted by Crippen LogP contribution is -2.08. The average Bonchev–Trinajstić information content (AvgIpc) is 3.01. The number of hydrogen-bond donors (Lipinski definition) is 1. The van der Waals surface area contributed by atoms with E-state index in [1.54, 1.807) is 19.1 Å². The van der Waals surface area contributed by atoms with Crippen LogP contribution in [0.1, 0.15) is 11.4 Å². The molecule has 5 nitrogen and oxygen atoms in total. The molecule has 0 unspecified atom stereocenters. The zero-order valence-corrected chi connectivity index (χ0v) is 12.6. The molecule has 0 radical (unpaired) electrons. The number of hydrogen-bond acceptors (Lipinski definition) is 4. The van der Waals surface area contributed by atoms with E-state index in [1.165, 1.54) is 6.08 Å². The monoisotopic (exact) mass is 305 g/mol. The Hall–Kier alpha value is -3.21. The van der Waals surface area contributed by atoms with E-state index in [2.05, 4.69) is 15.5 Å². The van der Waals surface area contributed by atoms with Crippen molar-refractivity contribution in [3.63, 3.8) is 0 Å². The second-order valence-corrected chi connectivity index (χ2v) is 4.93. The van der Waals surface area contributed by atoms with Gasteiger partial charge in [0.25, 0.3) is 5.89 Å². The Morgan fingerprint density at radius 3 is 2.57 bits per heavy atom. The highest BCUT2D eigenvalue weighted by molar-refractivity contribution is 6.03. The largest absolute Gasteiger partial charge is 0.334 e. The molecule has 3 rings (SSSR count). The van der Waals surface area contributed by atoms with E-state index in [-0.39, 0.29) is 5.91 Å². The van der Waals surface area contributed by atoms with Gasteiger partial charge in [-0.3, -0.25) is 4.79 Å². The SMILES string of the molecule is Cc1noc(-c2ccccc2NC(=O)/C=C/c2ccccc2)n1.